The maximum atomic E-state index is 13.4. The highest BCUT2D eigenvalue weighted by Crippen LogP contribution is 2.33. The molecule has 2 aliphatic rings. The topological polar surface area (TPSA) is 61.9 Å². The third-order valence-electron chi connectivity index (χ3n) is 4.90. The number of carbonyl (C=O) groups is 2. The predicted molar refractivity (Wildman–Crippen MR) is 99.5 cm³/mol. The second-order valence-electron chi connectivity index (χ2n) is 8.50. The van der Waals surface area contributed by atoms with Crippen molar-refractivity contribution in [2.45, 2.75) is 64.4 Å². The van der Waals surface area contributed by atoms with Crippen LogP contribution in [0.4, 0.5) is 9.18 Å². The first-order valence-electron chi connectivity index (χ1n) is 9.41. The van der Waals surface area contributed by atoms with Crippen LogP contribution in [0.15, 0.2) is 24.3 Å². The molecule has 6 nitrogen and oxygen atoms in total. The van der Waals surface area contributed by atoms with Crippen molar-refractivity contribution in [1.29, 1.82) is 0 Å². The molecule has 2 aliphatic heterocycles. The lowest BCUT2D eigenvalue weighted by Crippen LogP contribution is -2.53. The molecule has 0 aromatic heterocycles. The predicted octanol–water partition coefficient (Wildman–Crippen LogP) is 2.52. The van der Waals surface area contributed by atoms with E-state index in [0.29, 0.717) is 13.1 Å². The third-order valence-corrected chi connectivity index (χ3v) is 4.90. The average molecular weight is 377 g/mol. The summed E-state index contributed by atoms with van der Waals surface area (Å²) in [5.74, 6) is -0.201. The Hall–Kier alpha value is -2.15. The van der Waals surface area contributed by atoms with Crippen molar-refractivity contribution in [2.24, 2.45) is 0 Å². The number of amides is 2. The fourth-order valence-electron chi connectivity index (χ4n) is 3.88. The molecule has 0 unspecified atom stereocenters. The molecule has 2 heterocycles. The van der Waals surface area contributed by atoms with Gasteiger partial charge in [0, 0.05) is 31.7 Å². The Morgan fingerprint density at radius 1 is 1.41 bits per heavy atom. The van der Waals surface area contributed by atoms with Crippen LogP contribution in [0.5, 0.6) is 0 Å². The summed E-state index contributed by atoms with van der Waals surface area (Å²) in [6.45, 7) is 9.18. The molecule has 148 valence electrons. The number of likely N-dealkylation sites (tertiary alicyclic amines) is 2. The number of alkyl carbamates (subject to hydrolysis) is 1. The van der Waals surface area contributed by atoms with Crippen LogP contribution in [0, 0.1) is 5.82 Å². The van der Waals surface area contributed by atoms with Gasteiger partial charge in [0.15, 0.2) is 0 Å². The number of nitrogens with one attached hydrogen (secondary N) is 1. The van der Waals surface area contributed by atoms with E-state index in [0.717, 1.165) is 18.5 Å². The maximum absolute atomic E-state index is 13.4. The smallest absolute Gasteiger partial charge is 0.407 e. The summed E-state index contributed by atoms with van der Waals surface area (Å²) >= 11 is 0. The van der Waals surface area contributed by atoms with E-state index in [1.807, 2.05) is 38.7 Å². The number of halogens is 1. The van der Waals surface area contributed by atoms with E-state index in [1.54, 1.807) is 6.07 Å². The number of piperazine rings is 1. The minimum absolute atomic E-state index is 0.0833. The van der Waals surface area contributed by atoms with Crippen molar-refractivity contribution in [3.05, 3.63) is 35.6 Å². The number of rotatable bonds is 5. The third kappa shape index (κ3) is 4.77. The summed E-state index contributed by atoms with van der Waals surface area (Å²) in [7, 11) is 0. The Bertz CT molecular complexity index is 719. The molecule has 0 radical (unpaired) electrons. The van der Waals surface area contributed by atoms with Gasteiger partial charge in [-0.3, -0.25) is 9.69 Å². The van der Waals surface area contributed by atoms with Gasteiger partial charge in [0.1, 0.15) is 11.4 Å². The molecule has 3 rings (SSSR count). The SMILES string of the molecule is C[C@@H](CN1C[C@@H]2C[C@H]1C(=O)N2Cc1cccc(F)c1)NC(=O)OC(C)(C)C. The van der Waals surface area contributed by atoms with Gasteiger partial charge >= 0.3 is 6.09 Å². The number of ether oxygens (including phenoxy) is 1. The van der Waals surface area contributed by atoms with Crippen LogP contribution in [0.1, 0.15) is 39.7 Å². The summed E-state index contributed by atoms with van der Waals surface area (Å²) in [6.07, 6.45) is 0.339. The molecule has 1 N–H and O–H groups in total. The van der Waals surface area contributed by atoms with Crippen LogP contribution in [0.2, 0.25) is 0 Å². The Kier molecular flexibility index (Phi) is 5.42. The second-order valence-corrected chi connectivity index (χ2v) is 8.50. The molecule has 3 atom stereocenters. The molecule has 2 bridgehead atoms. The van der Waals surface area contributed by atoms with E-state index in [1.165, 1.54) is 12.1 Å². The van der Waals surface area contributed by atoms with Gasteiger partial charge in [-0.25, -0.2) is 9.18 Å². The summed E-state index contributed by atoms with van der Waals surface area (Å²) < 4.78 is 18.7. The van der Waals surface area contributed by atoms with Gasteiger partial charge in [0.25, 0.3) is 0 Å². The van der Waals surface area contributed by atoms with Crippen LogP contribution in [0.3, 0.4) is 0 Å². The highest BCUT2D eigenvalue weighted by Gasteiger charge is 2.49. The van der Waals surface area contributed by atoms with Gasteiger partial charge in [0.2, 0.25) is 5.91 Å². The number of nitrogens with zero attached hydrogens (tertiary/aromatic N) is 2. The van der Waals surface area contributed by atoms with Crippen molar-refractivity contribution < 1.29 is 18.7 Å². The number of carbonyl (C=O) groups excluding carboxylic acids is 2. The fraction of sp³-hybridized carbons (Fsp3) is 0.600. The summed E-state index contributed by atoms with van der Waals surface area (Å²) in [4.78, 5) is 28.6. The molecule has 2 saturated heterocycles. The van der Waals surface area contributed by atoms with E-state index in [4.69, 9.17) is 4.74 Å². The van der Waals surface area contributed by atoms with Crippen molar-refractivity contribution in [2.75, 3.05) is 13.1 Å². The zero-order valence-corrected chi connectivity index (χ0v) is 16.4. The average Bonchev–Trinajstić information content (AvgIpc) is 3.04. The number of benzene rings is 1. The quantitative estimate of drug-likeness (QED) is 0.857. The van der Waals surface area contributed by atoms with Crippen LogP contribution in [0.25, 0.3) is 0 Å². The largest absolute Gasteiger partial charge is 0.444 e. The van der Waals surface area contributed by atoms with Crippen LogP contribution < -0.4 is 5.32 Å². The van der Waals surface area contributed by atoms with Crippen molar-refractivity contribution in [3.8, 4) is 0 Å². The number of fused-ring (bicyclic) bond motifs is 2. The highest BCUT2D eigenvalue weighted by molar-refractivity contribution is 5.85. The van der Waals surface area contributed by atoms with Gasteiger partial charge in [-0.2, -0.15) is 0 Å². The molecule has 2 fully saturated rings. The van der Waals surface area contributed by atoms with Crippen molar-refractivity contribution in [3.63, 3.8) is 0 Å². The molecular weight excluding hydrogens is 349 g/mol. The Balaban J connectivity index is 1.52. The first-order chi connectivity index (χ1) is 12.6. The number of hydrogen-bond donors (Lipinski definition) is 1. The number of hydrogen-bond acceptors (Lipinski definition) is 4. The fourth-order valence-corrected chi connectivity index (χ4v) is 3.88. The minimum atomic E-state index is -0.538. The van der Waals surface area contributed by atoms with Crippen molar-refractivity contribution >= 4 is 12.0 Å². The molecule has 0 spiro atoms. The van der Waals surface area contributed by atoms with Crippen molar-refractivity contribution in [1.82, 2.24) is 15.1 Å². The molecular formula is C20H28FN3O3. The summed E-state index contributed by atoms with van der Waals surface area (Å²) in [5.41, 5.74) is 0.270. The maximum Gasteiger partial charge on any atom is 0.407 e. The normalized spacial score (nSPS) is 23.6. The molecule has 1 aromatic carbocycles. The van der Waals surface area contributed by atoms with Gasteiger partial charge in [-0.15, -0.1) is 0 Å². The Labute approximate surface area is 159 Å². The zero-order valence-electron chi connectivity index (χ0n) is 16.4. The summed E-state index contributed by atoms with van der Waals surface area (Å²) in [5, 5.41) is 2.83. The van der Waals surface area contributed by atoms with Crippen LogP contribution in [-0.2, 0) is 16.1 Å². The van der Waals surface area contributed by atoms with E-state index in [-0.39, 0.29) is 29.8 Å². The molecule has 7 heteroatoms. The van der Waals surface area contributed by atoms with Gasteiger partial charge < -0.3 is 15.0 Å². The Morgan fingerprint density at radius 2 is 2.15 bits per heavy atom. The first-order valence-corrected chi connectivity index (χ1v) is 9.41. The lowest BCUT2D eigenvalue weighted by atomic mass is 10.2. The van der Waals surface area contributed by atoms with Crippen LogP contribution >= 0.6 is 0 Å². The molecule has 27 heavy (non-hydrogen) atoms. The molecule has 0 saturated carbocycles. The molecule has 2 amide bonds. The molecule has 0 aliphatic carbocycles. The van der Waals surface area contributed by atoms with Gasteiger partial charge in [-0.05, 0) is 51.8 Å². The zero-order chi connectivity index (χ0) is 19.8. The molecule has 1 aromatic rings. The van der Waals surface area contributed by atoms with E-state index >= 15 is 0 Å². The highest BCUT2D eigenvalue weighted by atomic mass is 19.1. The van der Waals surface area contributed by atoms with Gasteiger partial charge in [-0.1, -0.05) is 12.1 Å². The van der Waals surface area contributed by atoms with Crippen LogP contribution in [-0.4, -0.2) is 58.6 Å². The lowest BCUT2D eigenvalue weighted by molar-refractivity contribution is -0.137. The van der Waals surface area contributed by atoms with E-state index < -0.39 is 11.7 Å². The standard InChI is InChI=1S/C20H28FN3O3/c1-13(22-19(26)27-20(2,3)4)10-23-12-16-9-17(23)18(25)24(16)11-14-6-5-7-15(21)8-14/h5-8,13,16-17H,9-12H2,1-4H3,(H,22,26)/t13-,16-,17-/m0/s1. The van der Waals surface area contributed by atoms with E-state index in [9.17, 15) is 14.0 Å². The first kappa shape index (κ1) is 19.6. The minimum Gasteiger partial charge on any atom is -0.444 e. The van der Waals surface area contributed by atoms with Gasteiger partial charge in [0.05, 0.1) is 6.04 Å². The monoisotopic (exact) mass is 377 g/mol. The summed E-state index contributed by atoms with van der Waals surface area (Å²) in [6, 6.07) is 6.24. The van der Waals surface area contributed by atoms with E-state index in [2.05, 4.69) is 10.2 Å². The second kappa shape index (κ2) is 7.46. The Morgan fingerprint density at radius 3 is 2.78 bits per heavy atom. The lowest BCUT2D eigenvalue weighted by Gasteiger charge is -2.35.